The fraction of sp³-hybridized carbons (Fsp3) is 0.250. The lowest BCUT2D eigenvalue weighted by Crippen LogP contribution is -2.40. The van der Waals surface area contributed by atoms with Crippen LogP contribution in [0.3, 0.4) is 0 Å². The molecule has 0 radical (unpaired) electrons. The summed E-state index contributed by atoms with van der Waals surface area (Å²) < 4.78 is 12.9. The molecule has 0 aliphatic carbocycles. The topological polar surface area (TPSA) is 54.0 Å². The van der Waals surface area contributed by atoms with Crippen LogP contribution < -0.4 is 10.6 Å². The second kappa shape index (κ2) is 5.91. The largest absolute Gasteiger partial charge is 0.354 e. The number of hydrogen-bond donors (Lipinski definition) is 2. The average molecular weight is 287 g/mol. The van der Waals surface area contributed by atoms with Crippen molar-refractivity contribution in [1.29, 1.82) is 0 Å². The van der Waals surface area contributed by atoms with Gasteiger partial charge in [0.2, 0.25) is 0 Å². The van der Waals surface area contributed by atoms with Crippen LogP contribution in [-0.4, -0.2) is 16.4 Å². The van der Waals surface area contributed by atoms with E-state index >= 15 is 0 Å². The Morgan fingerprint density at radius 1 is 1.10 bits per heavy atom. The predicted molar refractivity (Wildman–Crippen MR) is 81.1 cm³/mol. The molecule has 0 bridgehead atoms. The first-order valence-corrected chi connectivity index (χ1v) is 6.64. The molecule has 0 atom stereocenters. The molecule has 0 saturated heterocycles. The minimum absolute atomic E-state index is 0.183. The van der Waals surface area contributed by atoms with E-state index in [1.54, 1.807) is 24.4 Å². The molecule has 0 unspecified atom stereocenters. The summed E-state index contributed by atoms with van der Waals surface area (Å²) in [6.45, 7) is 5.75. The van der Waals surface area contributed by atoms with E-state index < -0.39 is 0 Å². The summed E-state index contributed by atoms with van der Waals surface area (Å²) in [6, 6.07) is 7.68. The third-order valence-electron chi connectivity index (χ3n) is 2.62. The summed E-state index contributed by atoms with van der Waals surface area (Å²) in [5.41, 5.74) is 1.56. The first-order valence-electron chi connectivity index (χ1n) is 6.64. The van der Waals surface area contributed by atoms with Gasteiger partial charge in [-0.15, -0.1) is 0 Å². The van der Waals surface area contributed by atoms with E-state index in [4.69, 9.17) is 0 Å². The van der Waals surface area contributed by atoms with Crippen LogP contribution in [0.1, 0.15) is 31.1 Å². The number of nitrogens with zero attached hydrogens (tertiary/aromatic N) is 1. The van der Waals surface area contributed by atoms with Gasteiger partial charge in [-0.1, -0.05) is 0 Å². The molecule has 2 aromatic rings. The Bertz CT molecular complexity index is 633. The maximum Gasteiger partial charge on any atom is 0.253 e. The number of halogens is 1. The average Bonchev–Trinajstić information content (AvgIpc) is 2.40. The number of amides is 1. The van der Waals surface area contributed by atoms with Gasteiger partial charge >= 0.3 is 0 Å². The number of anilines is 2. The second-order valence-corrected chi connectivity index (χ2v) is 5.80. The third kappa shape index (κ3) is 4.56. The molecule has 0 spiro atoms. The molecule has 2 rings (SSSR count). The van der Waals surface area contributed by atoms with Crippen molar-refractivity contribution in [2.75, 3.05) is 5.32 Å². The summed E-state index contributed by atoms with van der Waals surface area (Å²) in [5.74, 6) is -0.477. The van der Waals surface area contributed by atoms with E-state index in [9.17, 15) is 9.18 Å². The van der Waals surface area contributed by atoms with E-state index in [0.29, 0.717) is 11.3 Å². The standard InChI is InChI=1S/C16H18FN3O/c1-16(2,3)20-15(21)11-8-14(10-18-9-11)19-13-6-4-12(17)5-7-13/h4-10,19H,1-3H3,(H,20,21). The fourth-order valence-electron chi connectivity index (χ4n) is 1.75. The van der Waals surface area contributed by atoms with Crippen LogP contribution in [0.2, 0.25) is 0 Å². The molecule has 0 aliphatic rings. The van der Waals surface area contributed by atoms with E-state index in [0.717, 1.165) is 5.69 Å². The normalized spacial score (nSPS) is 11.0. The molecule has 1 heterocycles. The summed E-state index contributed by atoms with van der Waals surface area (Å²) in [4.78, 5) is 16.1. The van der Waals surface area contributed by atoms with E-state index in [1.807, 2.05) is 20.8 Å². The first-order chi connectivity index (χ1) is 9.83. The van der Waals surface area contributed by atoms with Gasteiger partial charge in [-0.2, -0.15) is 0 Å². The summed E-state index contributed by atoms with van der Waals surface area (Å²) in [7, 11) is 0. The number of rotatable bonds is 3. The number of carbonyl (C=O) groups excluding carboxylic acids is 1. The van der Waals surface area contributed by atoms with Gasteiger partial charge in [0.1, 0.15) is 5.82 Å². The second-order valence-electron chi connectivity index (χ2n) is 5.80. The van der Waals surface area contributed by atoms with E-state index in [1.165, 1.54) is 18.3 Å². The highest BCUT2D eigenvalue weighted by Crippen LogP contribution is 2.17. The molecular weight excluding hydrogens is 269 g/mol. The van der Waals surface area contributed by atoms with Gasteiger partial charge in [0.25, 0.3) is 5.91 Å². The highest BCUT2D eigenvalue weighted by atomic mass is 19.1. The van der Waals surface area contributed by atoms with Gasteiger partial charge in [-0.05, 0) is 51.1 Å². The Morgan fingerprint density at radius 2 is 1.76 bits per heavy atom. The Hall–Kier alpha value is -2.43. The molecule has 1 aromatic carbocycles. The lowest BCUT2D eigenvalue weighted by Gasteiger charge is -2.20. The van der Waals surface area contributed by atoms with Gasteiger partial charge in [0, 0.05) is 17.4 Å². The molecule has 1 aromatic heterocycles. The van der Waals surface area contributed by atoms with Crippen molar-refractivity contribution in [3.63, 3.8) is 0 Å². The van der Waals surface area contributed by atoms with Crippen LogP contribution in [0.15, 0.2) is 42.7 Å². The van der Waals surface area contributed by atoms with Gasteiger partial charge in [0.05, 0.1) is 17.4 Å². The molecule has 4 nitrogen and oxygen atoms in total. The lowest BCUT2D eigenvalue weighted by atomic mass is 10.1. The van der Waals surface area contributed by atoms with Crippen molar-refractivity contribution in [1.82, 2.24) is 10.3 Å². The van der Waals surface area contributed by atoms with Crippen molar-refractivity contribution >= 4 is 17.3 Å². The third-order valence-corrected chi connectivity index (χ3v) is 2.62. The van der Waals surface area contributed by atoms with Gasteiger partial charge in [0.15, 0.2) is 0 Å². The van der Waals surface area contributed by atoms with Gasteiger partial charge < -0.3 is 10.6 Å². The number of aromatic nitrogens is 1. The van der Waals surface area contributed by atoms with Crippen molar-refractivity contribution in [3.8, 4) is 0 Å². The number of carbonyl (C=O) groups is 1. The van der Waals surface area contributed by atoms with Crippen LogP contribution in [0.5, 0.6) is 0 Å². The molecule has 0 fully saturated rings. The maximum atomic E-state index is 12.9. The summed E-state index contributed by atoms with van der Waals surface area (Å²) >= 11 is 0. The zero-order valence-corrected chi connectivity index (χ0v) is 12.3. The molecule has 1 amide bonds. The van der Waals surface area contributed by atoms with Crippen LogP contribution in [0.4, 0.5) is 15.8 Å². The highest BCUT2D eigenvalue weighted by molar-refractivity contribution is 5.95. The van der Waals surface area contributed by atoms with Crippen molar-refractivity contribution in [3.05, 3.63) is 54.1 Å². The zero-order chi connectivity index (χ0) is 15.5. The molecule has 110 valence electrons. The van der Waals surface area contributed by atoms with Crippen LogP contribution in [-0.2, 0) is 0 Å². The number of hydrogen-bond acceptors (Lipinski definition) is 3. The maximum absolute atomic E-state index is 12.9. The minimum atomic E-state index is -0.308. The lowest BCUT2D eigenvalue weighted by molar-refractivity contribution is 0.0919. The molecule has 0 saturated carbocycles. The van der Waals surface area contributed by atoms with Crippen LogP contribution in [0, 0.1) is 5.82 Å². The number of pyridine rings is 1. The smallest absolute Gasteiger partial charge is 0.253 e. The van der Waals surface area contributed by atoms with Gasteiger partial charge in [-0.3, -0.25) is 9.78 Å². The van der Waals surface area contributed by atoms with Crippen LogP contribution >= 0.6 is 0 Å². The Morgan fingerprint density at radius 3 is 2.38 bits per heavy atom. The fourth-order valence-corrected chi connectivity index (χ4v) is 1.75. The number of nitrogens with one attached hydrogen (secondary N) is 2. The van der Waals surface area contributed by atoms with Crippen LogP contribution in [0.25, 0.3) is 0 Å². The van der Waals surface area contributed by atoms with E-state index in [-0.39, 0.29) is 17.3 Å². The number of benzene rings is 1. The quantitative estimate of drug-likeness (QED) is 0.908. The summed E-state index contributed by atoms with van der Waals surface area (Å²) in [5, 5.41) is 5.96. The highest BCUT2D eigenvalue weighted by Gasteiger charge is 2.15. The minimum Gasteiger partial charge on any atom is -0.354 e. The molecule has 21 heavy (non-hydrogen) atoms. The Balaban J connectivity index is 2.14. The summed E-state index contributed by atoms with van der Waals surface area (Å²) in [6.07, 6.45) is 3.12. The predicted octanol–water partition coefficient (Wildman–Crippen LogP) is 3.49. The van der Waals surface area contributed by atoms with Crippen molar-refractivity contribution < 1.29 is 9.18 Å². The van der Waals surface area contributed by atoms with Crippen molar-refractivity contribution in [2.24, 2.45) is 0 Å². The molecule has 2 N–H and O–H groups in total. The van der Waals surface area contributed by atoms with Gasteiger partial charge in [-0.25, -0.2) is 4.39 Å². The monoisotopic (exact) mass is 287 g/mol. The molecular formula is C16H18FN3O. The zero-order valence-electron chi connectivity index (χ0n) is 12.3. The molecule has 0 aliphatic heterocycles. The Labute approximate surface area is 123 Å². The van der Waals surface area contributed by atoms with E-state index in [2.05, 4.69) is 15.6 Å². The first kappa shape index (κ1) is 15.0. The van der Waals surface area contributed by atoms with Crippen molar-refractivity contribution in [2.45, 2.75) is 26.3 Å². The Kier molecular flexibility index (Phi) is 4.21. The SMILES string of the molecule is CC(C)(C)NC(=O)c1cncc(Nc2ccc(F)cc2)c1. The molecule has 5 heteroatoms.